The van der Waals surface area contributed by atoms with Crippen molar-refractivity contribution < 1.29 is 28.6 Å². The Morgan fingerprint density at radius 3 is 0.735 bits per heavy atom. The third-order valence-corrected chi connectivity index (χ3v) is 15.0. The largest absolute Gasteiger partial charge is 0.462 e. The Labute approximate surface area is 513 Å². The third kappa shape index (κ3) is 68.5. The van der Waals surface area contributed by atoms with E-state index in [1.165, 1.54) is 128 Å². The number of esters is 3. The lowest BCUT2D eigenvalue weighted by atomic mass is 10.0. The monoisotopic (exact) mass is 1150 g/mol. The van der Waals surface area contributed by atoms with E-state index < -0.39 is 6.10 Å². The molecule has 0 N–H and O–H groups in total. The standard InChI is InChI=1S/C77H130O6/c1-4-7-10-13-16-19-22-25-28-30-32-34-36-37-38-39-41-42-44-46-49-52-55-58-61-64-67-70-76(79)82-73-74(72-81-75(78)69-66-63-60-57-54-51-48-27-24-21-18-15-12-9-6-3)83-77(80)71-68-65-62-59-56-53-50-47-45-43-40-35-33-31-29-26-23-20-17-14-11-8-5-2/h7,9-10,12,16,18-19,21,25,27-28,32,34,37-38,41-42,46,48-49,74H,4-6,8,11,13-15,17,20,22-24,26,29-31,33,35-36,39-40,43-45,47,50-73H2,1-3H3/b10-7-,12-9-,19-16-,21-18-,28-25-,34-32-,38-37-,42-41-,48-27-,49-46-. The zero-order valence-corrected chi connectivity index (χ0v) is 54.4. The molecule has 6 heteroatoms. The molecule has 0 radical (unpaired) electrons. The minimum Gasteiger partial charge on any atom is -0.462 e. The quantitative estimate of drug-likeness (QED) is 0.0261. The van der Waals surface area contributed by atoms with E-state index in [2.05, 4.69) is 142 Å². The van der Waals surface area contributed by atoms with Crippen LogP contribution in [0.5, 0.6) is 0 Å². The Balaban J connectivity index is 4.39. The summed E-state index contributed by atoms with van der Waals surface area (Å²) in [7, 11) is 0. The molecule has 0 bridgehead atoms. The first kappa shape index (κ1) is 78.8. The highest BCUT2D eigenvalue weighted by Gasteiger charge is 2.19. The number of carbonyl (C=O) groups is 3. The van der Waals surface area contributed by atoms with Crippen molar-refractivity contribution in [2.24, 2.45) is 0 Å². The molecule has 0 saturated heterocycles. The summed E-state index contributed by atoms with van der Waals surface area (Å²) in [6, 6.07) is 0. The number of unbranched alkanes of at least 4 members (excludes halogenated alkanes) is 32. The van der Waals surface area contributed by atoms with Gasteiger partial charge in [-0.25, -0.2) is 0 Å². The molecule has 0 rings (SSSR count). The molecule has 0 aliphatic rings. The average Bonchev–Trinajstić information content (AvgIpc) is 3.49. The fraction of sp³-hybridized carbons (Fsp3) is 0.701. The highest BCUT2D eigenvalue weighted by atomic mass is 16.6. The molecule has 0 aromatic carbocycles. The van der Waals surface area contributed by atoms with Crippen LogP contribution in [0.3, 0.4) is 0 Å². The third-order valence-electron chi connectivity index (χ3n) is 15.0. The zero-order valence-electron chi connectivity index (χ0n) is 54.4. The summed E-state index contributed by atoms with van der Waals surface area (Å²) in [5, 5.41) is 0. The minimum absolute atomic E-state index is 0.0932. The van der Waals surface area contributed by atoms with E-state index in [1.807, 2.05) is 0 Å². The maximum Gasteiger partial charge on any atom is 0.306 e. The van der Waals surface area contributed by atoms with Crippen molar-refractivity contribution >= 4 is 17.9 Å². The Morgan fingerprint density at radius 2 is 0.470 bits per heavy atom. The van der Waals surface area contributed by atoms with Crippen LogP contribution in [0.1, 0.15) is 329 Å². The molecule has 474 valence electrons. The molecule has 83 heavy (non-hydrogen) atoms. The lowest BCUT2D eigenvalue weighted by molar-refractivity contribution is -0.167. The number of carbonyl (C=O) groups excluding carboxylic acids is 3. The molecule has 0 aromatic rings. The first-order valence-electron chi connectivity index (χ1n) is 35.0. The fourth-order valence-electron chi connectivity index (χ4n) is 9.79. The summed E-state index contributed by atoms with van der Waals surface area (Å²) >= 11 is 0. The van der Waals surface area contributed by atoms with E-state index in [4.69, 9.17) is 14.2 Å². The van der Waals surface area contributed by atoms with E-state index in [0.717, 1.165) is 161 Å². The van der Waals surface area contributed by atoms with Crippen molar-refractivity contribution in [1.82, 2.24) is 0 Å². The van der Waals surface area contributed by atoms with Gasteiger partial charge >= 0.3 is 17.9 Å². The lowest BCUT2D eigenvalue weighted by Gasteiger charge is -2.18. The Kier molecular flexibility index (Phi) is 66.7. The molecule has 0 aliphatic heterocycles. The average molecular weight is 1150 g/mol. The molecule has 0 amide bonds. The van der Waals surface area contributed by atoms with Crippen LogP contribution in [0.25, 0.3) is 0 Å². The van der Waals surface area contributed by atoms with Gasteiger partial charge in [0.1, 0.15) is 13.2 Å². The Bertz CT molecular complexity index is 1700. The second-order valence-electron chi connectivity index (χ2n) is 23.0. The normalized spacial score (nSPS) is 12.9. The summed E-state index contributed by atoms with van der Waals surface area (Å²) < 4.78 is 17.0. The molecule has 0 aliphatic carbocycles. The molecule has 1 unspecified atom stereocenters. The second kappa shape index (κ2) is 70.3. The summed E-state index contributed by atoms with van der Waals surface area (Å²) in [5.41, 5.74) is 0. The van der Waals surface area contributed by atoms with Crippen LogP contribution >= 0.6 is 0 Å². The number of hydrogen-bond acceptors (Lipinski definition) is 6. The molecule has 0 aromatic heterocycles. The highest BCUT2D eigenvalue weighted by Crippen LogP contribution is 2.17. The molecule has 6 nitrogen and oxygen atoms in total. The Morgan fingerprint density at radius 1 is 0.253 bits per heavy atom. The van der Waals surface area contributed by atoms with Crippen molar-refractivity contribution in [3.8, 4) is 0 Å². The van der Waals surface area contributed by atoms with Crippen LogP contribution in [-0.2, 0) is 28.6 Å². The van der Waals surface area contributed by atoms with Gasteiger partial charge in [-0.05, 0) is 109 Å². The van der Waals surface area contributed by atoms with Crippen LogP contribution in [0.4, 0.5) is 0 Å². The van der Waals surface area contributed by atoms with Crippen molar-refractivity contribution in [3.63, 3.8) is 0 Å². The predicted octanol–water partition coefficient (Wildman–Crippen LogP) is 24.3. The zero-order chi connectivity index (χ0) is 59.9. The van der Waals surface area contributed by atoms with E-state index in [9.17, 15) is 14.4 Å². The maximum absolute atomic E-state index is 13.0. The highest BCUT2D eigenvalue weighted by molar-refractivity contribution is 5.71. The molecule has 0 spiro atoms. The summed E-state index contributed by atoms with van der Waals surface area (Å²) in [5.74, 6) is -0.915. The topological polar surface area (TPSA) is 78.9 Å². The smallest absolute Gasteiger partial charge is 0.306 e. The molecule has 1 atom stereocenters. The molecular weight excluding hydrogens is 1020 g/mol. The van der Waals surface area contributed by atoms with Gasteiger partial charge in [-0.3, -0.25) is 14.4 Å². The molecule has 0 saturated carbocycles. The lowest BCUT2D eigenvalue weighted by Crippen LogP contribution is -2.30. The molecule has 0 fully saturated rings. The van der Waals surface area contributed by atoms with Gasteiger partial charge < -0.3 is 14.2 Å². The predicted molar refractivity (Wildman–Crippen MR) is 362 cm³/mol. The summed E-state index contributed by atoms with van der Waals surface area (Å²) in [6.45, 7) is 6.42. The minimum atomic E-state index is -0.797. The van der Waals surface area contributed by atoms with Gasteiger partial charge in [0.25, 0.3) is 0 Å². The number of hydrogen-bond donors (Lipinski definition) is 0. The van der Waals surface area contributed by atoms with Crippen molar-refractivity contribution in [2.75, 3.05) is 13.2 Å². The van der Waals surface area contributed by atoms with E-state index in [1.54, 1.807) is 0 Å². The Hall–Kier alpha value is -4.19. The van der Waals surface area contributed by atoms with Gasteiger partial charge in [-0.2, -0.15) is 0 Å². The number of allylic oxidation sites excluding steroid dienone is 20. The summed E-state index contributed by atoms with van der Waals surface area (Å²) in [6.07, 6.45) is 97.9. The van der Waals surface area contributed by atoms with Crippen molar-refractivity contribution in [2.45, 2.75) is 335 Å². The van der Waals surface area contributed by atoms with Crippen molar-refractivity contribution in [3.05, 3.63) is 122 Å². The van der Waals surface area contributed by atoms with Gasteiger partial charge in [-0.15, -0.1) is 0 Å². The van der Waals surface area contributed by atoms with Crippen LogP contribution in [0, 0.1) is 0 Å². The maximum atomic E-state index is 13.0. The van der Waals surface area contributed by atoms with E-state index in [0.29, 0.717) is 19.3 Å². The summed E-state index contributed by atoms with van der Waals surface area (Å²) in [4.78, 5) is 38.5. The van der Waals surface area contributed by atoms with Crippen LogP contribution < -0.4 is 0 Å². The molecular formula is C77H130O6. The first-order valence-corrected chi connectivity index (χ1v) is 35.0. The van der Waals surface area contributed by atoms with Gasteiger partial charge in [0.2, 0.25) is 0 Å². The van der Waals surface area contributed by atoms with E-state index >= 15 is 0 Å². The van der Waals surface area contributed by atoms with Crippen LogP contribution in [-0.4, -0.2) is 37.2 Å². The van der Waals surface area contributed by atoms with Gasteiger partial charge in [-0.1, -0.05) is 322 Å². The second-order valence-corrected chi connectivity index (χ2v) is 23.0. The van der Waals surface area contributed by atoms with Crippen molar-refractivity contribution in [1.29, 1.82) is 0 Å². The molecule has 0 heterocycles. The fourth-order valence-corrected chi connectivity index (χ4v) is 9.79. The number of rotatable bonds is 63. The SMILES string of the molecule is CC/C=C\C/C=C\C/C=C\C/C=C\C/C=C\C/C=C\C/C=C\CCCCCCCC(=O)OCC(COC(=O)CCCCCCC/C=C\C/C=C\C/C=C\CC)OC(=O)CCCCCCCCCCCCCCCCCCCCCCCCC. The van der Waals surface area contributed by atoms with Crippen LogP contribution in [0.15, 0.2) is 122 Å². The van der Waals surface area contributed by atoms with Gasteiger partial charge in [0.05, 0.1) is 0 Å². The van der Waals surface area contributed by atoms with E-state index in [-0.39, 0.29) is 31.1 Å². The number of ether oxygens (including phenoxy) is 3. The van der Waals surface area contributed by atoms with Gasteiger partial charge in [0.15, 0.2) is 6.10 Å². The first-order chi connectivity index (χ1) is 41.0. The van der Waals surface area contributed by atoms with Crippen LogP contribution in [0.2, 0.25) is 0 Å². The van der Waals surface area contributed by atoms with Gasteiger partial charge in [0, 0.05) is 19.3 Å².